The van der Waals surface area contributed by atoms with Gasteiger partial charge in [0, 0.05) is 13.6 Å². The van der Waals surface area contributed by atoms with Crippen LogP contribution < -0.4 is 15.8 Å². The molecule has 3 rings (SSSR count). The molecule has 1 aromatic heterocycles. The second-order valence-corrected chi connectivity index (χ2v) is 5.61. The van der Waals surface area contributed by atoms with Crippen molar-refractivity contribution in [1.29, 1.82) is 0 Å². The molecule has 124 valence electrons. The van der Waals surface area contributed by atoms with Crippen LogP contribution in [0.3, 0.4) is 0 Å². The number of benzene rings is 2. The topological polar surface area (TPSA) is 73.5 Å². The van der Waals surface area contributed by atoms with Gasteiger partial charge in [-0.1, -0.05) is 18.2 Å². The molecule has 0 fully saturated rings. The molecule has 24 heavy (non-hydrogen) atoms. The molecule has 6 nitrogen and oxygen atoms in total. The lowest BCUT2D eigenvalue weighted by Gasteiger charge is -2.08. The van der Waals surface area contributed by atoms with Crippen LogP contribution in [0, 0.1) is 6.92 Å². The van der Waals surface area contributed by atoms with E-state index in [0.29, 0.717) is 23.4 Å². The lowest BCUT2D eigenvalue weighted by Crippen LogP contribution is -2.28. The first-order valence-corrected chi connectivity index (χ1v) is 7.57. The predicted octanol–water partition coefficient (Wildman–Crippen LogP) is 2.14. The Morgan fingerprint density at radius 1 is 1.25 bits per heavy atom. The van der Waals surface area contributed by atoms with Crippen molar-refractivity contribution in [3.05, 3.63) is 64.1 Å². The van der Waals surface area contributed by atoms with E-state index in [0.717, 1.165) is 11.1 Å². The third kappa shape index (κ3) is 3.48. The summed E-state index contributed by atoms with van der Waals surface area (Å²) in [6.07, 6.45) is 0. The minimum Gasteiger partial charge on any atom is -0.484 e. The molecule has 6 heteroatoms. The lowest BCUT2D eigenvalue weighted by atomic mass is 10.2. The van der Waals surface area contributed by atoms with Gasteiger partial charge in [-0.15, -0.1) is 0 Å². The maximum absolute atomic E-state index is 11.9. The van der Waals surface area contributed by atoms with Crippen LogP contribution in [0.5, 0.6) is 5.75 Å². The zero-order valence-electron chi connectivity index (χ0n) is 13.5. The number of carbonyl (C=O) groups is 1. The van der Waals surface area contributed by atoms with Gasteiger partial charge in [0.15, 0.2) is 12.2 Å². The van der Waals surface area contributed by atoms with Gasteiger partial charge in [0.2, 0.25) is 0 Å². The molecule has 0 saturated carbocycles. The highest BCUT2D eigenvalue weighted by Crippen LogP contribution is 2.14. The summed E-state index contributed by atoms with van der Waals surface area (Å²) in [5.74, 6) is 0.0513. The average molecular weight is 326 g/mol. The highest BCUT2D eigenvalue weighted by molar-refractivity contribution is 5.78. The van der Waals surface area contributed by atoms with Gasteiger partial charge in [0.1, 0.15) is 5.75 Å². The van der Waals surface area contributed by atoms with Gasteiger partial charge in [-0.05, 0) is 42.3 Å². The van der Waals surface area contributed by atoms with Gasteiger partial charge >= 0.3 is 5.76 Å². The summed E-state index contributed by atoms with van der Waals surface area (Å²) >= 11 is 0. The zero-order valence-corrected chi connectivity index (χ0v) is 13.5. The molecule has 0 bridgehead atoms. The van der Waals surface area contributed by atoms with Gasteiger partial charge in [-0.25, -0.2) is 4.79 Å². The molecular formula is C18H18N2O4. The second-order valence-electron chi connectivity index (χ2n) is 5.61. The molecule has 0 saturated heterocycles. The third-order valence-electron chi connectivity index (χ3n) is 3.70. The maximum atomic E-state index is 11.9. The quantitative estimate of drug-likeness (QED) is 0.779. The highest BCUT2D eigenvalue weighted by Gasteiger charge is 2.08. The van der Waals surface area contributed by atoms with Crippen molar-refractivity contribution in [2.75, 3.05) is 6.61 Å². The second kappa shape index (κ2) is 6.62. The normalized spacial score (nSPS) is 10.8. The number of carbonyl (C=O) groups excluding carboxylic acids is 1. The van der Waals surface area contributed by atoms with Crippen molar-refractivity contribution in [3.8, 4) is 5.75 Å². The summed E-state index contributed by atoms with van der Waals surface area (Å²) < 4.78 is 12.0. The Balaban J connectivity index is 1.58. The Bertz CT molecular complexity index is 940. The fraction of sp³-hybridized carbons (Fsp3) is 0.222. The Hall–Kier alpha value is -3.02. The molecule has 0 atom stereocenters. The van der Waals surface area contributed by atoms with Crippen LogP contribution in [0.1, 0.15) is 11.1 Å². The Labute approximate surface area is 138 Å². The number of aromatic nitrogens is 1. The zero-order chi connectivity index (χ0) is 17.1. The fourth-order valence-electron chi connectivity index (χ4n) is 2.39. The van der Waals surface area contributed by atoms with Crippen molar-refractivity contribution in [3.63, 3.8) is 0 Å². The standard InChI is InChI=1S/C18H18N2O4/c1-12-4-3-5-14(8-12)23-11-17(21)19-10-13-6-7-16-15(9-13)20(2)18(22)24-16/h3-9H,10-11H2,1-2H3,(H,19,21). The van der Waals surface area contributed by atoms with Gasteiger partial charge in [0.05, 0.1) is 5.52 Å². The molecule has 1 amide bonds. The number of ether oxygens (including phenoxy) is 1. The number of rotatable bonds is 5. The molecule has 1 N–H and O–H groups in total. The van der Waals surface area contributed by atoms with E-state index in [1.54, 1.807) is 13.1 Å². The molecule has 0 aliphatic rings. The number of oxazole rings is 1. The van der Waals surface area contributed by atoms with Gasteiger partial charge in [-0.3, -0.25) is 9.36 Å². The van der Waals surface area contributed by atoms with Crippen molar-refractivity contribution in [2.45, 2.75) is 13.5 Å². The third-order valence-corrected chi connectivity index (χ3v) is 3.70. The summed E-state index contributed by atoms with van der Waals surface area (Å²) in [5, 5.41) is 2.79. The van der Waals surface area contributed by atoms with Crippen molar-refractivity contribution < 1.29 is 13.9 Å². The Morgan fingerprint density at radius 3 is 2.88 bits per heavy atom. The average Bonchev–Trinajstić information content (AvgIpc) is 2.85. The number of fused-ring (bicyclic) bond motifs is 1. The monoisotopic (exact) mass is 326 g/mol. The maximum Gasteiger partial charge on any atom is 0.419 e. The lowest BCUT2D eigenvalue weighted by molar-refractivity contribution is -0.123. The van der Waals surface area contributed by atoms with Crippen LogP contribution in [0.4, 0.5) is 0 Å². The number of aryl methyl sites for hydroxylation is 2. The Kier molecular flexibility index (Phi) is 4.37. The molecule has 3 aromatic rings. The van der Waals surface area contributed by atoms with E-state index in [9.17, 15) is 9.59 Å². The van der Waals surface area contributed by atoms with Crippen LogP contribution in [-0.4, -0.2) is 17.1 Å². The van der Waals surface area contributed by atoms with Gasteiger partial charge < -0.3 is 14.5 Å². The van der Waals surface area contributed by atoms with Gasteiger partial charge in [0.25, 0.3) is 5.91 Å². The molecule has 2 aromatic carbocycles. The number of hydrogen-bond acceptors (Lipinski definition) is 4. The van der Waals surface area contributed by atoms with Crippen LogP contribution in [0.25, 0.3) is 11.1 Å². The Morgan fingerprint density at radius 2 is 2.08 bits per heavy atom. The van der Waals surface area contributed by atoms with E-state index in [1.807, 2.05) is 43.3 Å². The molecule has 0 aliphatic heterocycles. The largest absolute Gasteiger partial charge is 0.484 e. The van der Waals surface area contributed by atoms with E-state index in [4.69, 9.17) is 9.15 Å². The number of hydrogen-bond donors (Lipinski definition) is 1. The summed E-state index contributed by atoms with van der Waals surface area (Å²) in [6.45, 7) is 2.27. The fourth-order valence-corrected chi connectivity index (χ4v) is 2.39. The van der Waals surface area contributed by atoms with Gasteiger partial charge in [-0.2, -0.15) is 0 Å². The first-order chi connectivity index (χ1) is 11.5. The molecule has 0 aliphatic carbocycles. The van der Waals surface area contributed by atoms with Crippen LogP contribution >= 0.6 is 0 Å². The van der Waals surface area contributed by atoms with Crippen molar-refractivity contribution in [2.24, 2.45) is 7.05 Å². The first kappa shape index (κ1) is 15.9. The van der Waals surface area contributed by atoms with E-state index < -0.39 is 5.76 Å². The number of nitrogens with zero attached hydrogens (tertiary/aromatic N) is 1. The smallest absolute Gasteiger partial charge is 0.419 e. The molecule has 0 unspecified atom stereocenters. The van der Waals surface area contributed by atoms with Crippen LogP contribution in [0.2, 0.25) is 0 Å². The van der Waals surface area contributed by atoms with Crippen LogP contribution in [-0.2, 0) is 18.4 Å². The number of nitrogens with one attached hydrogen (secondary N) is 1. The minimum atomic E-state index is -0.405. The van der Waals surface area contributed by atoms with E-state index in [1.165, 1.54) is 4.57 Å². The molecular weight excluding hydrogens is 308 g/mol. The SMILES string of the molecule is Cc1cccc(OCC(=O)NCc2ccc3oc(=O)n(C)c3c2)c1. The van der Waals surface area contributed by atoms with E-state index >= 15 is 0 Å². The number of amides is 1. The first-order valence-electron chi connectivity index (χ1n) is 7.57. The van der Waals surface area contributed by atoms with E-state index in [-0.39, 0.29) is 12.5 Å². The molecule has 0 radical (unpaired) electrons. The predicted molar refractivity (Wildman–Crippen MR) is 90.0 cm³/mol. The summed E-state index contributed by atoms with van der Waals surface area (Å²) in [4.78, 5) is 23.4. The van der Waals surface area contributed by atoms with Crippen LogP contribution in [0.15, 0.2) is 51.7 Å². The van der Waals surface area contributed by atoms with Crippen molar-refractivity contribution >= 4 is 17.0 Å². The summed E-state index contributed by atoms with van der Waals surface area (Å²) in [6, 6.07) is 12.9. The molecule has 0 spiro atoms. The minimum absolute atomic E-state index is 0.0457. The summed E-state index contributed by atoms with van der Waals surface area (Å²) in [7, 11) is 1.65. The molecule has 1 heterocycles. The van der Waals surface area contributed by atoms with Crippen molar-refractivity contribution in [1.82, 2.24) is 9.88 Å². The summed E-state index contributed by atoms with van der Waals surface area (Å²) in [5.41, 5.74) is 3.18. The highest BCUT2D eigenvalue weighted by atomic mass is 16.5. The van der Waals surface area contributed by atoms with E-state index in [2.05, 4.69) is 5.32 Å².